The predicted molar refractivity (Wildman–Crippen MR) is 70.8 cm³/mol. The van der Waals surface area contributed by atoms with Crippen LogP contribution in [-0.4, -0.2) is 15.7 Å². The number of aldehydes is 1. The summed E-state index contributed by atoms with van der Waals surface area (Å²) in [6.07, 6.45) is 2.85. The highest BCUT2D eigenvalue weighted by Gasteiger charge is 2.09. The van der Waals surface area contributed by atoms with E-state index in [4.69, 9.17) is 0 Å². The van der Waals surface area contributed by atoms with E-state index in [0.29, 0.717) is 5.56 Å². The molecule has 18 heavy (non-hydrogen) atoms. The van der Waals surface area contributed by atoms with E-state index in [1.165, 1.54) is 0 Å². The molecule has 0 bridgehead atoms. The molecule has 3 heteroatoms. The van der Waals surface area contributed by atoms with Crippen molar-refractivity contribution in [3.05, 3.63) is 59.9 Å². The fourth-order valence-corrected chi connectivity index (χ4v) is 2.11. The smallest absolute Gasteiger partial charge is 0.150 e. The van der Waals surface area contributed by atoms with E-state index < -0.39 is 0 Å². The number of hydrogen-bond donors (Lipinski definition) is 0. The minimum absolute atomic E-state index is 0.681. The van der Waals surface area contributed by atoms with Gasteiger partial charge in [0.15, 0.2) is 0 Å². The van der Waals surface area contributed by atoms with Crippen molar-refractivity contribution in [3.8, 4) is 11.3 Å². The van der Waals surface area contributed by atoms with Gasteiger partial charge in [0.1, 0.15) is 11.9 Å². The quantitative estimate of drug-likeness (QED) is 0.641. The number of fused-ring (bicyclic) bond motifs is 1. The van der Waals surface area contributed by atoms with Crippen LogP contribution in [0.15, 0.2) is 48.7 Å². The van der Waals surface area contributed by atoms with Gasteiger partial charge in [-0.2, -0.15) is 0 Å². The van der Waals surface area contributed by atoms with Crippen LogP contribution in [0.5, 0.6) is 0 Å². The summed E-state index contributed by atoms with van der Waals surface area (Å²) in [7, 11) is 0. The van der Waals surface area contributed by atoms with Crippen LogP contribution in [0.1, 0.15) is 16.1 Å². The maximum Gasteiger partial charge on any atom is 0.150 e. The van der Waals surface area contributed by atoms with Crippen molar-refractivity contribution in [1.82, 2.24) is 9.38 Å². The largest absolute Gasteiger partial charge is 0.304 e. The zero-order valence-corrected chi connectivity index (χ0v) is 10.00. The van der Waals surface area contributed by atoms with Crippen LogP contribution >= 0.6 is 0 Å². The molecule has 3 nitrogen and oxygen atoms in total. The van der Waals surface area contributed by atoms with Crippen LogP contribution in [0.25, 0.3) is 16.9 Å². The summed E-state index contributed by atoms with van der Waals surface area (Å²) in [5.41, 5.74) is 4.70. The fraction of sp³-hybridized carbons (Fsp3) is 0.0667. The van der Waals surface area contributed by atoms with Gasteiger partial charge in [-0.3, -0.25) is 4.79 Å². The van der Waals surface area contributed by atoms with Gasteiger partial charge >= 0.3 is 0 Å². The molecular formula is C15H12N2O. The maximum absolute atomic E-state index is 10.6. The third-order valence-electron chi connectivity index (χ3n) is 3.09. The molecule has 0 aliphatic heterocycles. The first kappa shape index (κ1) is 10.7. The molecule has 0 amide bonds. The molecule has 0 saturated carbocycles. The molecule has 0 fully saturated rings. The highest BCUT2D eigenvalue weighted by atomic mass is 16.1. The number of imidazole rings is 1. The van der Waals surface area contributed by atoms with Gasteiger partial charge in [0, 0.05) is 23.0 Å². The van der Waals surface area contributed by atoms with E-state index in [9.17, 15) is 4.79 Å². The summed E-state index contributed by atoms with van der Waals surface area (Å²) in [6.45, 7) is 2.04. The molecule has 0 aliphatic carbocycles. The molecule has 0 saturated heterocycles. The maximum atomic E-state index is 10.6. The van der Waals surface area contributed by atoms with Gasteiger partial charge in [-0.1, -0.05) is 30.3 Å². The predicted octanol–water partition coefficient (Wildman–Crippen LogP) is 3.12. The number of benzene rings is 1. The monoisotopic (exact) mass is 236 g/mol. The minimum Gasteiger partial charge on any atom is -0.304 e. The van der Waals surface area contributed by atoms with Gasteiger partial charge in [-0.05, 0) is 19.1 Å². The van der Waals surface area contributed by atoms with E-state index >= 15 is 0 Å². The van der Waals surface area contributed by atoms with Crippen LogP contribution in [0, 0.1) is 6.92 Å². The molecule has 1 aromatic carbocycles. The zero-order chi connectivity index (χ0) is 12.5. The minimum atomic E-state index is 0.681. The Hall–Kier alpha value is -2.42. The van der Waals surface area contributed by atoms with E-state index in [1.807, 2.05) is 55.6 Å². The summed E-state index contributed by atoms with van der Waals surface area (Å²) in [6, 6.07) is 13.4. The lowest BCUT2D eigenvalue weighted by atomic mass is 10.1. The molecule has 3 rings (SSSR count). The second kappa shape index (κ2) is 4.11. The number of carbonyl (C=O) groups excluding carboxylic acids is 1. The molecule has 2 heterocycles. The Balaban J connectivity index is 2.18. The molecule has 0 atom stereocenters. The second-order valence-corrected chi connectivity index (χ2v) is 4.21. The Labute approximate surface area is 105 Å². The molecule has 0 spiro atoms. The molecule has 0 aliphatic rings. The lowest BCUT2D eigenvalue weighted by molar-refractivity contribution is 0.112. The van der Waals surface area contributed by atoms with Crippen LogP contribution in [0.2, 0.25) is 0 Å². The first-order valence-electron chi connectivity index (χ1n) is 5.79. The van der Waals surface area contributed by atoms with Gasteiger partial charge in [0.05, 0.1) is 5.69 Å². The van der Waals surface area contributed by atoms with Crippen molar-refractivity contribution in [2.24, 2.45) is 0 Å². The number of hydrogen-bond acceptors (Lipinski definition) is 2. The van der Waals surface area contributed by atoms with E-state index in [1.54, 1.807) is 0 Å². The summed E-state index contributed by atoms with van der Waals surface area (Å²) in [5, 5.41) is 0. The van der Waals surface area contributed by atoms with E-state index in [2.05, 4.69) is 9.38 Å². The summed E-state index contributed by atoms with van der Waals surface area (Å²) in [5.74, 6) is 0. The molecule has 88 valence electrons. The van der Waals surface area contributed by atoms with Crippen LogP contribution in [-0.2, 0) is 0 Å². The normalized spacial score (nSPS) is 10.7. The highest BCUT2D eigenvalue weighted by molar-refractivity contribution is 5.77. The van der Waals surface area contributed by atoms with Gasteiger partial charge in [-0.15, -0.1) is 0 Å². The van der Waals surface area contributed by atoms with Crippen LogP contribution in [0.4, 0.5) is 0 Å². The average molecular weight is 236 g/mol. The molecular weight excluding hydrogens is 224 g/mol. The lowest BCUT2D eigenvalue weighted by Gasteiger charge is -1.99. The summed E-state index contributed by atoms with van der Waals surface area (Å²) < 4.78 is 2.06. The number of nitrogens with zero attached hydrogens (tertiary/aromatic N) is 2. The topological polar surface area (TPSA) is 34.4 Å². The molecule has 0 unspecified atom stereocenters. The molecule has 0 N–H and O–H groups in total. The fourth-order valence-electron chi connectivity index (χ4n) is 2.11. The van der Waals surface area contributed by atoms with Crippen LogP contribution in [0.3, 0.4) is 0 Å². The number of carbonyl (C=O) groups is 1. The van der Waals surface area contributed by atoms with Gasteiger partial charge in [0.25, 0.3) is 0 Å². The van der Waals surface area contributed by atoms with E-state index in [-0.39, 0.29) is 0 Å². The zero-order valence-electron chi connectivity index (χ0n) is 10.00. The van der Waals surface area contributed by atoms with Crippen LogP contribution < -0.4 is 0 Å². The Bertz CT molecular complexity index is 711. The van der Waals surface area contributed by atoms with Crippen molar-refractivity contribution < 1.29 is 4.79 Å². The van der Waals surface area contributed by atoms with Crippen molar-refractivity contribution in [2.45, 2.75) is 6.92 Å². The number of aromatic nitrogens is 2. The van der Waals surface area contributed by atoms with Gasteiger partial charge in [0.2, 0.25) is 0 Å². The molecule has 0 radical (unpaired) electrons. The van der Waals surface area contributed by atoms with Crippen molar-refractivity contribution in [1.29, 1.82) is 0 Å². The lowest BCUT2D eigenvalue weighted by Crippen LogP contribution is -1.86. The third kappa shape index (κ3) is 1.61. The van der Waals surface area contributed by atoms with E-state index in [0.717, 1.165) is 28.9 Å². The Morgan fingerprint density at radius 3 is 2.56 bits per heavy atom. The summed E-state index contributed by atoms with van der Waals surface area (Å²) in [4.78, 5) is 15.3. The van der Waals surface area contributed by atoms with Gasteiger partial charge < -0.3 is 4.40 Å². The second-order valence-electron chi connectivity index (χ2n) is 4.21. The average Bonchev–Trinajstić information content (AvgIpc) is 2.77. The Morgan fingerprint density at radius 1 is 1.11 bits per heavy atom. The first-order chi connectivity index (χ1) is 8.79. The first-order valence-corrected chi connectivity index (χ1v) is 5.79. The Morgan fingerprint density at radius 2 is 1.89 bits per heavy atom. The molecule has 2 aromatic heterocycles. The molecule has 3 aromatic rings. The highest BCUT2D eigenvalue weighted by Crippen LogP contribution is 2.23. The van der Waals surface area contributed by atoms with Gasteiger partial charge in [-0.25, -0.2) is 4.98 Å². The standard InChI is InChI=1S/C15H12N2O/c1-11-15(13-7-5-12(10-18)6-8-13)16-14-4-2-3-9-17(11)14/h2-10H,1H3. The SMILES string of the molecule is Cc1c(-c2ccc(C=O)cc2)nc2ccccn12. The summed E-state index contributed by atoms with van der Waals surface area (Å²) >= 11 is 0. The number of pyridine rings is 1. The third-order valence-corrected chi connectivity index (χ3v) is 3.09. The van der Waals surface area contributed by atoms with Crippen molar-refractivity contribution in [2.75, 3.05) is 0 Å². The number of rotatable bonds is 2. The van der Waals surface area contributed by atoms with Crippen molar-refractivity contribution >= 4 is 11.9 Å². The van der Waals surface area contributed by atoms with Crippen molar-refractivity contribution in [3.63, 3.8) is 0 Å². The Kier molecular flexibility index (Phi) is 2.45. The number of aryl methyl sites for hydroxylation is 1.